The summed E-state index contributed by atoms with van der Waals surface area (Å²) in [7, 11) is 0. The number of urea groups is 1. The number of nitrogens with one attached hydrogen (secondary N) is 2. The summed E-state index contributed by atoms with van der Waals surface area (Å²) in [4.78, 5) is 27.2. The highest BCUT2D eigenvalue weighted by Gasteiger charge is 2.28. The van der Waals surface area contributed by atoms with E-state index in [1.54, 1.807) is 4.90 Å². The van der Waals surface area contributed by atoms with Crippen LogP contribution in [0.3, 0.4) is 0 Å². The van der Waals surface area contributed by atoms with Gasteiger partial charge in [-0.15, -0.1) is 0 Å². The summed E-state index contributed by atoms with van der Waals surface area (Å²) >= 11 is 0. The molecule has 0 bridgehead atoms. The molecule has 6 heteroatoms. The average molecular weight is 564 g/mol. The van der Waals surface area contributed by atoms with Gasteiger partial charge in [-0.25, -0.2) is 4.79 Å². The Labute approximate surface area is 248 Å². The molecule has 0 aromatic heterocycles. The minimum atomic E-state index is -0.0960. The number of nitrogens with zero attached hydrogens (tertiary/aromatic N) is 1. The topological polar surface area (TPSA) is 70.7 Å². The standard InChI is InChI=1S/C35H53N3O3/c1-9-34(5,6)28-14-16-31(30(24-28)35(7,8)10-2)41-22-12-11-19-36-32(39)27-17-20-38(21-18-27)33(40)37-29-15-13-25(3)26(4)23-29/h13-16,23-24,27H,9-12,17-22H2,1-8H3,(H,36,39)(H,37,40). The Hall–Kier alpha value is -3.02. The maximum absolute atomic E-state index is 12.8. The third-order valence-corrected chi connectivity index (χ3v) is 9.30. The Bertz CT molecular complexity index is 1180. The second-order valence-electron chi connectivity index (χ2n) is 13.0. The molecule has 0 unspecified atom stereocenters. The van der Waals surface area contributed by atoms with E-state index in [0.717, 1.165) is 42.7 Å². The number of ether oxygens (including phenoxy) is 1. The van der Waals surface area contributed by atoms with Gasteiger partial charge in [-0.05, 0) is 98.1 Å². The monoisotopic (exact) mass is 563 g/mol. The Morgan fingerprint density at radius 1 is 0.902 bits per heavy atom. The van der Waals surface area contributed by atoms with Crippen molar-refractivity contribution in [1.29, 1.82) is 0 Å². The van der Waals surface area contributed by atoms with E-state index in [-0.39, 0.29) is 28.7 Å². The first-order chi connectivity index (χ1) is 19.4. The predicted octanol–water partition coefficient (Wildman–Crippen LogP) is 7.90. The van der Waals surface area contributed by atoms with Crippen molar-refractivity contribution in [3.63, 3.8) is 0 Å². The van der Waals surface area contributed by atoms with Gasteiger partial charge in [-0.1, -0.05) is 59.7 Å². The van der Waals surface area contributed by atoms with Crippen LogP contribution in [0.4, 0.5) is 10.5 Å². The molecule has 2 N–H and O–H groups in total. The molecule has 0 radical (unpaired) electrons. The SMILES string of the molecule is CCC(C)(C)c1ccc(OCCCCNC(=O)C2CCN(C(=O)Nc3ccc(C)c(C)c3)CC2)c(C(C)(C)CC)c1. The van der Waals surface area contributed by atoms with E-state index in [1.165, 1.54) is 16.7 Å². The van der Waals surface area contributed by atoms with E-state index >= 15 is 0 Å². The lowest BCUT2D eigenvalue weighted by Gasteiger charge is -2.31. The first kappa shape index (κ1) is 32.5. The average Bonchev–Trinajstić information content (AvgIpc) is 2.96. The summed E-state index contributed by atoms with van der Waals surface area (Å²) in [6.45, 7) is 20.2. The van der Waals surface area contributed by atoms with Gasteiger partial charge in [0.05, 0.1) is 6.61 Å². The first-order valence-electron chi connectivity index (χ1n) is 15.6. The number of piperidine rings is 1. The van der Waals surface area contributed by atoms with Crippen molar-refractivity contribution in [1.82, 2.24) is 10.2 Å². The van der Waals surface area contributed by atoms with Gasteiger partial charge in [0.2, 0.25) is 5.91 Å². The van der Waals surface area contributed by atoms with Gasteiger partial charge in [0, 0.05) is 36.8 Å². The number of carbonyl (C=O) groups is 2. The van der Waals surface area contributed by atoms with Gasteiger partial charge >= 0.3 is 6.03 Å². The molecule has 2 aromatic rings. The number of hydrogen-bond donors (Lipinski definition) is 2. The lowest BCUT2D eigenvalue weighted by molar-refractivity contribution is -0.126. The summed E-state index contributed by atoms with van der Waals surface area (Å²) in [5.74, 6) is 1.03. The van der Waals surface area contributed by atoms with Crippen LogP contribution in [0.25, 0.3) is 0 Å². The number of carbonyl (C=O) groups excluding carboxylic acids is 2. The molecule has 0 aliphatic carbocycles. The van der Waals surface area contributed by atoms with Gasteiger partial charge in [0.25, 0.3) is 0 Å². The van der Waals surface area contributed by atoms with E-state index in [9.17, 15) is 9.59 Å². The molecule has 1 fully saturated rings. The molecular formula is C35H53N3O3. The van der Waals surface area contributed by atoms with Crippen LogP contribution >= 0.6 is 0 Å². The van der Waals surface area contributed by atoms with Crippen LogP contribution in [0.15, 0.2) is 36.4 Å². The molecule has 0 atom stereocenters. The van der Waals surface area contributed by atoms with Crippen LogP contribution in [0, 0.1) is 19.8 Å². The predicted molar refractivity (Wildman–Crippen MR) is 170 cm³/mol. The molecule has 3 amide bonds. The van der Waals surface area contributed by atoms with Crippen molar-refractivity contribution in [3.05, 3.63) is 58.7 Å². The number of rotatable bonds is 12. The van der Waals surface area contributed by atoms with Crippen molar-refractivity contribution in [2.45, 2.75) is 105 Å². The summed E-state index contributed by atoms with van der Waals surface area (Å²) in [5.41, 5.74) is 5.98. The Balaban J connectivity index is 1.39. The number of benzene rings is 2. The zero-order chi connectivity index (χ0) is 30.2. The van der Waals surface area contributed by atoms with Crippen molar-refractivity contribution in [2.24, 2.45) is 5.92 Å². The molecular weight excluding hydrogens is 510 g/mol. The number of aryl methyl sites for hydroxylation is 2. The molecule has 6 nitrogen and oxygen atoms in total. The maximum Gasteiger partial charge on any atom is 0.321 e. The quantitative estimate of drug-likeness (QED) is 0.258. The minimum absolute atomic E-state index is 0.0401. The highest BCUT2D eigenvalue weighted by atomic mass is 16.5. The zero-order valence-electron chi connectivity index (χ0n) is 26.8. The molecule has 3 rings (SSSR count). The molecule has 1 saturated heterocycles. The van der Waals surface area contributed by atoms with Crippen LogP contribution in [0.5, 0.6) is 5.75 Å². The number of anilines is 1. The zero-order valence-corrected chi connectivity index (χ0v) is 26.8. The highest BCUT2D eigenvalue weighted by molar-refractivity contribution is 5.89. The Kier molecular flexibility index (Phi) is 11.3. The second kappa shape index (κ2) is 14.2. The summed E-state index contributed by atoms with van der Waals surface area (Å²) in [6, 6.07) is 12.6. The number of unbranched alkanes of at least 4 members (excludes halogenated alkanes) is 1. The highest BCUT2D eigenvalue weighted by Crippen LogP contribution is 2.38. The minimum Gasteiger partial charge on any atom is -0.493 e. The molecule has 0 saturated carbocycles. The lowest BCUT2D eigenvalue weighted by atomic mass is 9.76. The number of hydrogen-bond acceptors (Lipinski definition) is 3. The molecule has 226 valence electrons. The van der Waals surface area contributed by atoms with E-state index in [2.05, 4.69) is 77.3 Å². The van der Waals surface area contributed by atoms with Gasteiger partial charge in [0.1, 0.15) is 5.75 Å². The van der Waals surface area contributed by atoms with Gasteiger partial charge in [-0.2, -0.15) is 0 Å². The van der Waals surface area contributed by atoms with Crippen molar-refractivity contribution in [3.8, 4) is 5.75 Å². The fraction of sp³-hybridized carbons (Fsp3) is 0.600. The fourth-order valence-electron chi connectivity index (χ4n) is 5.13. The Morgan fingerprint density at radius 3 is 2.22 bits per heavy atom. The van der Waals surface area contributed by atoms with Crippen molar-refractivity contribution < 1.29 is 14.3 Å². The van der Waals surface area contributed by atoms with Gasteiger partial charge in [-0.3, -0.25) is 4.79 Å². The fourth-order valence-corrected chi connectivity index (χ4v) is 5.13. The van der Waals surface area contributed by atoms with E-state index in [4.69, 9.17) is 4.74 Å². The number of amides is 3. The third-order valence-electron chi connectivity index (χ3n) is 9.30. The third kappa shape index (κ3) is 8.73. The molecule has 0 spiro atoms. The van der Waals surface area contributed by atoms with Crippen LogP contribution in [-0.4, -0.2) is 43.1 Å². The molecule has 1 aliphatic rings. The lowest BCUT2D eigenvalue weighted by Crippen LogP contribution is -2.44. The summed E-state index contributed by atoms with van der Waals surface area (Å²) in [6.07, 6.45) is 5.27. The molecule has 41 heavy (non-hydrogen) atoms. The molecule has 1 aliphatic heterocycles. The Morgan fingerprint density at radius 2 is 1.59 bits per heavy atom. The van der Waals surface area contributed by atoms with Crippen molar-refractivity contribution >= 4 is 17.6 Å². The number of likely N-dealkylation sites (tertiary alicyclic amines) is 1. The molecule has 1 heterocycles. The molecule has 2 aromatic carbocycles. The normalized spacial score (nSPS) is 14.6. The van der Waals surface area contributed by atoms with E-state index < -0.39 is 0 Å². The van der Waals surface area contributed by atoms with Crippen LogP contribution < -0.4 is 15.4 Å². The largest absolute Gasteiger partial charge is 0.493 e. The summed E-state index contributed by atoms with van der Waals surface area (Å²) < 4.78 is 6.28. The first-order valence-corrected chi connectivity index (χ1v) is 15.6. The van der Waals surface area contributed by atoms with Crippen molar-refractivity contribution in [2.75, 3.05) is 31.6 Å². The van der Waals surface area contributed by atoms with E-state index in [0.29, 0.717) is 39.1 Å². The van der Waals surface area contributed by atoms with Crippen LogP contribution in [0.1, 0.15) is 102 Å². The van der Waals surface area contributed by atoms with E-state index in [1.807, 2.05) is 25.1 Å². The van der Waals surface area contributed by atoms with Crippen LogP contribution in [-0.2, 0) is 15.6 Å². The smallest absolute Gasteiger partial charge is 0.321 e. The maximum atomic E-state index is 12.8. The second-order valence-corrected chi connectivity index (χ2v) is 13.0. The van der Waals surface area contributed by atoms with Crippen LogP contribution in [0.2, 0.25) is 0 Å². The van der Waals surface area contributed by atoms with Gasteiger partial charge < -0.3 is 20.3 Å². The summed E-state index contributed by atoms with van der Waals surface area (Å²) in [5, 5.41) is 6.10. The van der Waals surface area contributed by atoms with Gasteiger partial charge in [0.15, 0.2) is 0 Å².